The standard InChI is InChI=1S/C16H11BrFN3O2/c1-23-14-6-9(2-4-12(14)18)8-19-21-15-11-7-10(17)3-5-13(11)20-16(15)22/h2-8H,1H3,(H,20,21,22)/b19-8+. The van der Waals surface area contributed by atoms with Gasteiger partial charge in [-0.2, -0.15) is 5.10 Å². The van der Waals surface area contributed by atoms with Crippen LogP contribution in [-0.2, 0) is 4.79 Å². The van der Waals surface area contributed by atoms with Crippen LogP contribution >= 0.6 is 15.9 Å². The summed E-state index contributed by atoms with van der Waals surface area (Å²) < 4.78 is 19.1. The number of nitrogens with one attached hydrogen (secondary N) is 1. The van der Waals surface area contributed by atoms with E-state index in [-0.39, 0.29) is 17.4 Å². The largest absolute Gasteiger partial charge is 0.494 e. The Morgan fingerprint density at radius 3 is 2.87 bits per heavy atom. The van der Waals surface area contributed by atoms with E-state index in [0.29, 0.717) is 16.8 Å². The highest BCUT2D eigenvalue weighted by Gasteiger charge is 2.26. The zero-order valence-corrected chi connectivity index (χ0v) is 13.6. The molecule has 5 nitrogen and oxygen atoms in total. The van der Waals surface area contributed by atoms with Gasteiger partial charge in [0.05, 0.1) is 19.0 Å². The lowest BCUT2D eigenvalue weighted by molar-refractivity contribution is -0.110. The van der Waals surface area contributed by atoms with E-state index >= 15 is 0 Å². The van der Waals surface area contributed by atoms with Gasteiger partial charge in [0.15, 0.2) is 17.3 Å². The van der Waals surface area contributed by atoms with Crippen LogP contribution in [0.3, 0.4) is 0 Å². The number of benzene rings is 2. The molecule has 1 amide bonds. The molecule has 0 radical (unpaired) electrons. The first-order valence-electron chi connectivity index (χ1n) is 6.64. The summed E-state index contributed by atoms with van der Waals surface area (Å²) in [6.45, 7) is 0. The van der Waals surface area contributed by atoms with Gasteiger partial charge in [0.25, 0.3) is 5.91 Å². The molecule has 0 fully saturated rings. The molecule has 23 heavy (non-hydrogen) atoms. The third-order valence-corrected chi connectivity index (χ3v) is 3.73. The second-order valence-electron chi connectivity index (χ2n) is 4.73. The van der Waals surface area contributed by atoms with Crippen molar-refractivity contribution in [2.75, 3.05) is 12.4 Å². The minimum atomic E-state index is -0.454. The van der Waals surface area contributed by atoms with Crippen LogP contribution in [0.15, 0.2) is 51.1 Å². The van der Waals surface area contributed by atoms with Crippen LogP contribution in [0.25, 0.3) is 0 Å². The van der Waals surface area contributed by atoms with Crippen LogP contribution < -0.4 is 10.1 Å². The molecule has 0 bridgehead atoms. The summed E-state index contributed by atoms with van der Waals surface area (Å²) >= 11 is 3.36. The normalized spacial score (nSPS) is 15.1. The third kappa shape index (κ3) is 3.14. The number of halogens is 2. The summed E-state index contributed by atoms with van der Waals surface area (Å²) in [7, 11) is 1.39. The molecule has 0 unspecified atom stereocenters. The number of hydrogen-bond donors (Lipinski definition) is 1. The zero-order chi connectivity index (χ0) is 16.4. The van der Waals surface area contributed by atoms with Crippen LogP contribution in [-0.4, -0.2) is 24.9 Å². The van der Waals surface area contributed by atoms with Gasteiger partial charge in [-0.1, -0.05) is 22.0 Å². The minimum Gasteiger partial charge on any atom is -0.494 e. The molecule has 3 rings (SSSR count). The summed E-state index contributed by atoms with van der Waals surface area (Å²) in [6, 6.07) is 9.73. The smallest absolute Gasteiger partial charge is 0.276 e. The lowest BCUT2D eigenvalue weighted by Crippen LogP contribution is -2.13. The SMILES string of the molecule is COc1cc(/C=N/N=C2\C(=O)Nc3ccc(Br)cc32)ccc1F. The number of fused-ring (bicyclic) bond motifs is 1. The predicted molar refractivity (Wildman–Crippen MR) is 89.9 cm³/mol. The van der Waals surface area contributed by atoms with Crippen molar-refractivity contribution in [3.8, 4) is 5.75 Å². The van der Waals surface area contributed by atoms with Gasteiger partial charge in [0, 0.05) is 10.0 Å². The first kappa shape index (κ1) is 15.4. The number of ether oxygens (including phenoxy) is 1. The average molecular weight is 376 g/mol. The summed E-state index contributed by atoms with van der Waals surface area (Å²) in [5.41, 5.74) is 2.21. The number of anilines is 1. The van der Waals surface area contributed by atoms with E-state index in [4.69, 9.17) is 4.74 Å². The number of carbonyl (C=O) groups excluding carboxylic acids is 1. The highest BCUT2D eigenvalue weighted by Crippen LogP contribution is 2.26. The summed E-state index contributed by atoms with van der Waals surface area (Å²) in [6.07, 6.45) is 1.43. The maximum absolute atomic E-state index is 13.3. The predicted octanol–water partition coefficient (Wildman–Crippen LogP) is 3.37. The van der Waals surface area contributed by atoms with E-state index in [9.17, 15) is 9.18 Å². The van der Waals surface area contributed by atoms with E-state index < -0.39 is 5.82 Å². The van der Waals surface area contributed by atoms with Gasteiger partial charge in [-0.25, -0.2) is 4.39 Å². The van der Waals surface area contributed by atoms with Crippen molar-refractivity contribution in [3.05, 3.63) is 57.8 Å². The Kier molecular flexibility index (Phi) is 4.20. The molecule has 2 aromatic rings. The monoisotopic (exact) mass is 375 g/mol. The van der Waals surface area contributed by atoms with Crippen molar-refractivity contribution in [2.45, 2.75) is 0 Å². The van der Waals surface area contributed by atoms with Crippen LogP contribution in [0.2, 0.25) is 0 Å². The van der Waals surface area contributed by atoms with Gasteiger partial charge in [0.1, 0.15) is 0 Å². The number of methoxy groups -OCH3 is 1. The lowest BCUT2D eigenvalue weighted by Gasteiger charge is -2.01. The Labute approximate surface area is 140 Å². The third-order valence-electron chi connectivity index (χ3n) is 3.24. The van der Waals surface area contributed by atoms with Crippen LogP contribution in [0.5, 0.6) is 5.75 Å². The lowest BCUT2D eigenvalue weighted by atomic mass is 10.1. The molecular formula is C16H11BrFN3O2. The second kappa shape index (κ2) is 6.29. The van der Waals surface area contributed by atoms with Gasteiger partial charge in [-0.05, 0) is 35.9 Å². The molecule has 116 valence electrons. The van der Waals surface area contributed by atoms with E-state index in [2.05, 4.69) is 31.4 Å². The number of nitrogens with zero attached hydrogens (tertiary/aromatic N) is 2. The zero-order valence-electron chi connectivity index (χ0n) is 12.0. The molecule has 1 N–H and O–H groups in total. The van der Waals surface area contributed by atoms with Crippen molar-refractivity contribution < 1.29 is 13.9 Å². The molecule has 1 aliphatic heterocycles. The van der Waals surface area contributed by atoms with Crippen LogP contribution in [0, 0.1) is 5.82 Å². The van der Waals surface area contributed by atoms with Crippen molar-refractivity contribution in [1.82, 2.24) is 0 Å². The Morgan fingerprint density at radius 2 is 2.09 bits per heavy atom. The number of hydrogen-bond acceptors (Lipinski definition) is 4. The van der Waals surface area contributed by atoms with E-state index in [1.807, 2.05) is 6.07 Å². The molecule has 1 heterocycles. The van der Waals surface area contributed by atoms with Gasteiger partial charge in [0.2, 0.25) is 0 Å². The van der Waals surface area contributed by atoms with Crippen LogP contribution in [0.1, 0.15) is 11.1 Å². The highest BCUT2D eigenvalue weighted by molar-refractivity contribution is 9.10. The second-order valence-corrected chi connectivity index (χ2v) is 5.65. The van der Waals surface area contributed by atoms with E-state index in [1.165, 1.54) is 25.5 Å². The Hall–Kier alpha value is -2.54. The minimum absolute atomic E-state index is 0.120. The molecule has 2 aromatic carbocycles. The molecule has 7 heteroatoms. The number of amides is 1. The molecule has 0 aromatic heterocycles. The molecule has 0 atom stereocenters. The summed E-state index contributed by atoms with van der Waals surface area (Å²) in [5.74, 6) is -0.647. The summed E-state index contributed by atoms with van der Waals surface area (Å²) in [4.78, 5) is 11.9. The molecular weight excluding hydrogens is 365 g/mol. The van der Waals surface area contributed by atoms with Crippen LogP contribution in [0.4, 0.5) is 10.1 Å². The summed E-state index contributed by atoms with van der Waals surface area (Å²) in [5, 5.41) is 10.6. The fourth-order valence-electron chi connectivity index (χ4n) is 2.13. The quantitative estimate of drug-likeness (QED) is 0.660. The molecule has 0 aliphatic carbocycles. The first-order valence-corrected chi connectivity index (χ1v) is 7.43. The fourth-order valence-corrected chi connectivity index (χ4v) is 2.50. The maximum Gasteiger partial charge on any atom is 0.276 e. The molecule has 0 saturated carbocycles. The van der Waals surface area contributed by atoms with Gasteiger partial charge < -0.3 is 10.1 Å². The van der Waals surface area contributed by atoms with Gasteiger partial charge >= 0.3 is 0 Å². The van der Waals surface area contributed by atoms with Gasteiger partial charge in [-0.15, -0.1) is 5.10 Å². The molecule has 1 aliphatic rings. The number of carbonyl (C=O) groups is 1. The highest BCUT2D eigenvalue weighted by atomic mass is 79.9. The first-order chi connectivity index (χ1) is 11.1. The Morgan fingerprint density at radius 1 is 1.26 bits per heavy atom. The molecule has 0 saturated heterocycles. The average Bonchev–Trinajstić information content (AvgIpc) is 2.84. The Bertz CT molecular complexity index is 849. The molecule has 0 spiro atoms. The van der Waals surface area contributed by atoms with E-state index in [0.717, 1.165) is 4.47 Å². The Balaban J connectivity index is 1.89. The van der Waals surface area contributed by atoms with Crippen molar-refractivity contribution >= 4 is 39.5 Å². The maximum atomic E-state index is 13.3. The van der Waals surface area contributed by atoms with E-state index in [1.54, 1.807) is 18.2 Å². The van der Waals surface area contributed by atoms with Gasteiger partial charge in [-0.3, -0.25) is 4.79 Å². The fraction of sp³-hybridized carbons (Fsp3) is 0.0625. The number of rotatable bonds is 3. The topological polar surface area (TPSA) is 63.1 Å². The van der Waals surface area contributed by atoms with Crippen molar-refractivity contribution in [1.29, 1.82) is 0 Å². The van der Waals surface area contributed by atoms with Crippen molar-refractivity contribution in [3.63, 3.8) is 0 Å². The van der Waals surface area contributed by atoms with Crippen molar-refractivity contribution in [2.24, 2.45) is 10.2 Å².